The number of benzene rings is 1. The third kappa shape index (κ3) is 3.39. The minimum absolute atomic E-state index is 0.0675. The maximum absolute atomic E-state index is 11.7. The molecule has 1 atom stereocenters. The molecule has 1 N–H and O–H groups in total. The molecule has 0 saturated heterocycles. The minimum Gasteiger partial charge on any atom is -0.349 e. The lowest BCUT2D eigenvalue weighted by Gasteiger charge is -2.22. The summed E-state index contributed by atoms with van der Waals surface area (Å²) in [6.45, 7) is 7.75. The molecule has 1 rings (SSSR count). The van der Waals surface area contributed by atoms with E-state index in [0.717, 1.165) is 5.56 Å². The number of carbonyl (C=O) groups excluding carboxylic acids is 1. The minimum atomic E-state index is -0.330. The second-order valence-corrected chi connectivity index (χ2v) is 4.86. The molecule has 1 amide bonds. The molecule has 0 aliphatic carbocycles. The zero-order valence-electron chi connectivity index (χ0n) is 9.87. The van der Waals surface area contributed by atoms with Crippen LogP contribution in [-0.4, -0.2) is 5.91 Å². The lowest BCUT2D eigenvalue weighted by Crippen LogP contribution is -2.36. The molecule has 2 nitrogen and oxygen atoms in total. The van der Waals surface area contributed by atoms with Gasteiger partial charge in [0.2, 0.25) is 5.91 Å². The van der Waals surface area contributed by atoms with Crippen molar-refractivity contribution in [2.45, 2.75) is 33.7 Å². The summed E-state index contributed by atoms with van der Waals surface area (Å²) in [6.07, 6.45) is 0. The van der Waals surface area contributed by atoms with E-state index < -0.39 is 0 Å². The molecule has 0 radical (unpaired) electrons. The first kappa shape index (κ1) is 11.8. The number of hydrogen-bond donors (Lipinski definition) is 1. The molecular formula is C13H19NO. The Labute approximate surface area is 91.7 Å². The quantitative estimate of drug-likeness (QED) is 0.790. The Morgan fingerprint density at radius 3 is 2.20 bits per heavy atom. The molecule has 1 unspecified atom stereocenters. The fraction of sp³-hybridized carbons (Fsp3) is 0.462. The molecule has 0 spiro atoms. The fourth-order valence-electron chi connectivity index (χ4n) is 1.24. The predicted molar refractivity (Wildman–Crippen MR) is 62.5 cm³/mol. The van der Waals surface area contributed by atoms with Crippen LogP contribution in [0, 0.1) is 5.41 Å². The normalized spacial score (nSPS) is 13.3. The highest BCUT2D eigenvalue weighted by Gasteiger charge is 2.22. The lowest BCUT2D eigenvalue weighted by atomic mass is 9.95. The van der Waals surface area contributed by atoms with Crippen molar-refractivity contribution in [1.29, 1.82) is 0 Å². The smallest absolute Gasteiger partial charge is 0.225 e. The molecular weight excluding hydrogens is 186 g/mol. The van der Waals surface area contributed by atoms with Gasteiger partial charge in [-0.15, -0.1) is 0 Å². The Morgan fingerprint density at radius 2 is 1.73 bits per heavy atom. The summed E-state index contributed by atoms with van der Waals surface area (Å²) in [5.41, 5.74) is 0.804. The van der Waals surface area contributed by atoms with Crippen LogP contribution in [0.2, 0.25) is 0 Å². The van der Waals surface area contributed by atoms with E-state index in [0.29, 0.717) is 0 Å². The lowest BCUT2D eigenvalue weighted by molar-refractivity contribution is -0.129. The molecule has 2 heteroatoms. The Kier molecular flexibility index (Phi) is 3.51. The van der Waals surface area contributed by atoms with E-state index in [-0.39, 0.29) is 17.4 Å². The highest BCUT2D eigenvalue weighted by atomic mass is 16.2. The highest BCUT2D eigenvalue weighted by molar-refractivity contribution is 5.81. The SMILES string of the molecule is CC(NC(=O)C(C)(C)C)c1ccccc1. The van der Waals surface area contributed by atoms with Crippen molar-refractivity contribution in [3.8, 4) is 0 Å². The third-order valence-corrected chi connectivity index (χ3v) is 2.33. The van der Waals surface area contributed by atoms with E-state index in [1.807, 2.05) is 58.0 Å². The molecule has 1 aromatic rings. The standard InChI is InChI=1S/C13H19NO/c1-10(11-8-6-5-7-9-11)14-12(15)13(2,3)4/h5-10H,1-4H3,(H,14,15). The van der Waals surface area contributed by atoms with Gasteiger partial charge >= 0.3 is 0 Å². The monoisotopic (exact) mass is 205 g/mol. The van der Waals surface area contributed by atoms with Crippen LogP contribution < -0.4 is 5.32 Å². The highest BCUT2D eigenvalue weighted by Crippen LogP contribution is 2.17. The van der Waals surface area contributed by atoms with Gasteiger partial charge in [0.15, 0.2) is 0 Å². The van der Waals surface area contributed by atoms with Gasteiger partial charge in [0.1, 0.15) is 0 Å². The first-order valence-electron chi connectivity index (χ1n) is 5.27. The van der Waals surface area contributed by atoms with Crippen molar-refractivity contribution >= 4 is 5.91 Å². The Hall–Kier alpha value is -1.31. The summed E-state index contributed by atoms with van der Waals surface area (Å²) in [6, 6.07) is 10.0. The zero-order chi connectivity index (χ0) is 11.5. The van der Waals surface area contributed by atoms with Gasteiger partial charge in [0.25, 0.3) is 0 Å². The summed E-state index contributed by atoms with van der Waals surface area (Å²) < 4.78 is 0. The maximum Gasteiger partial charge on any atom is 0.225 e. The van der Waals surface area contributed by atoms with Gasteiger partial charge in [-0.2, -0.15) is 0 Å². The molecule has 15 heavy (non-hydrogen) atoms. The van der Waals surface area contributed by atoms with Crippen molar-refractivity contribution in [1.82, 2.24) is 5.32 Å². The third-order valence-electron chi connectivity index (χ3n) is 2.33. The van der Waals surface area contributed by atoms with E-state index >= 15 is 0 Å². The molecule has 0 aliphatic heterocycles. The molecule has 1 aromatic carbocycles. The topological polar surface area (TPSA) is 29.1 Å². The Morgan fingerprint density at radius 1 is 1.20 bits per heavy atom. The second-order valence-electron chi connectivity index (χ2n) is 4.86. The second kappa shape index (κ2) is 4.47. The van der Waals surface area contributed by atoms with Crippen LogP contribution in [0.1, 0.15) is 39.3 Å². The van der Waals surface area contributed by atoms with Gasteiger partial charge in [0, 0.05) is 5.41 Å². The van der Waals surface area contributed by atoms with Crippen LogP contribution in [0.3, 0.4) is 0 Å². The number of nitrogens with one attached hydrogen (secondary N) is 1. The van der Waals surface area contributed by atoms with Crippen LogP contribution >= 0.6 is 0 Å². The summed E-state index contributed by atoms with van der Waals surface area (Å²) in [5, 5.41) is 3.00. The fourth-order valence-corrected chi connectivity index (χ4v) is 1.24. The van der Waals surface area contributed by atoms with E-state index in [4.69, 9.17) is 0 Å². The van der Waals surface area contributed by atoms with E-state index in [2.05, 4.69) is 5.32 Å². The van der Waals surface area contributed by atoms with Crippen molar-refractivity contribution in [2.24, 2.45) is 5.41 Å². The molecule has 0 heterocycles. The largest absolute Gasteiger partial charge is 0.349 e. The predicted octanol–water partition coefficient (Wildman–Crippen LogP) is 2.91. The Balaban J connectivity index is 2.65. The van der Waals surface area contributed by atoms with E-state index in [9.17, 15) is 4.79 Å². The molecule has 0 aliphatic rings. The van der Waals surface area contributed by atoms with Crippen LogP contribution in [0.4, 0.5) is 0 Å². The van der Waals surface area contributed by atoms with Gasteiger partial charge in [0.05, 0.1) is 6.04 Å². The number of hydrogen-bond acceptors (Lipinski definition) is 1. The van der Waals surface area contributed by atoms with E-state index in [1.54, 1.807) is 0 Å². The number of amides is 1. The zero-order valence-corrected chi connectivity index (χ0v) is 9.87. The summed E-state index contributed by atoms with van der Waals surface area (Å²) in [4.78, 5) is 11.7. The van der Waals surface area contributed by atoms with Crippen molar-refractivity contribution in [3.63, 3.8) is 0 Å². The number of rotatable bonds is 2. The molecule has 0 aromatic heterocycles. The van der Waals surface area contributed by atoms with Crippen LogP contribution in [-0.2, 0) is 4.79 Å². The van der Waals surface area contributed by atoms with Gasteiger partial charge < -0.3 is 5.32 Å². The average Bonchev–Trinajstić information content (AvgIpc) is 2.17. The van der Waals surface area contributed by atoms with Gasteiger partial charge in [-0.3, -0.25) is 4.79 Å². The summed E-state index contributed by atoms with van der Waals surface area (Å²) >= 11 is 0. The average molecular weight is 205 g/mol. The van der Waals surface area contributed by atoms with Gasteiger partial charge in [-0.25, -0.2) is 0 Å². The molecule has 82 valence electrons. The summed E-state index contributed by atoms with van der Waals surface area (Å²) in [5.74, 6) is 0.0823. The van der Waals surface area contributed by atoms with Crippen molar-refractivity contribution in [2.75, 3.05) is 0 Å². The maximum atomic E-state index is 11.7. The van der Waals surface area contributed by atoms with Crippen LogP contribution in [0.25, 0.3) is 0 Å². The van der Waals surface area contributed by atoms with Crippen LogP contribution in [0.15, 0.2) is 30.3 Å². The van der Waals surface area contributed by atoms with Crippen molar-refractivity contribution < 1.29 is 4.79 Å². The number of carbonyl (C=O) groups is 1. The van der Waals surface area contributed by atoms with Gasteiger partial charge in [-0.1, -0.05) is 51.1 Å². The van der Waals surface area contributed by atoms with E-state index in [1.165, 1.54) is 0 Å². The summed E-state index contributed by atoms with van der Waals surface area (Å²) in [7, 11) is 0. The van der Waals surface area contributed by atoms with Crippen LogP contribution in [0.5, 0.6) is 0 Å². The van der Waals surface area contributed by atoms with Gasteiger partial charge in [-0.05, 0) is 12.5 Å². The molecule has 0 saturated carbocycles. The van der Waals surface area contributed by atoms with Crippen molar-refractivity contribution in [3.05, 3.63) is 35.9 Å². The Bertz CT molecular complexity index is 324. The first-order chi connectivity index (χ1) is 6.91. The molecule has 0 bridgehead atoms. The molecule has 0 fully saturated rings. The first-order valence-corrected chi connectivity index (χ1v) is 5.27.